The standard InChI is InChI=1S/C14H19BrN2O/c1-16-13-6-3-7-17(10-13)14(18)9-11-4-2-5-12(15)8-11/h2,4-5,8,13,16H,3,6-7,9-10H2,1H3/t13-/m0/s1. The normalized spacial score (nSPS) is 19.9. The van der Waals surface area contributed by atoms with Crippen molar-refractivity contribution < 1.29 is 4.79 Å². The van der Waals surface area contributed by atoms with E-state index in [-0.39, 0.29) is 5.91 Å². The third kappa shape index (κ3) is 3.56. The Morgan fingerprint density at radius 2 is 2.39 bits per heavy atom. The molecule has 1 aromatic carbocycles. The van der Waals surface area contributed by atoms with E-state index in [0.717, 1.165) is 36.0 Å². The number of hydrogen-bond donors (Lipinski definition) is 1. The number of halogens is 1. The van der Waals surface area contributed by atoms with Crippen LogP contribution in [0.5, 0.6) is 0 Å². The summed E-state index contributed by atoms with van der Waals surface area (Å²) in [7, 11) is 1.97. The minimum Gasteiger partial charge on any atom is -0.341 e. The molecule has 1 heterocycles. The molecule has 1 amide bonds. The van der Waals surface area contributed by atoms with Crippen molar-refractivity contribution in [2.45, 2.75) is 25.3 Å². The van der Waals surface area contributed by atoms with E-state index in [4.69, 9.17) is 0 Å². The fourth-order valence-corrected chi connectivity index (χ4v) is 2.82. The molecular formula is C14H19BrN2O. The monoisotopic (exact) mass is 310 g/mol. The maximum absolute atomic E-state index is 12.2. The molecule has 0 spiro atoms. The Kier molecular flexibility index (Phi) is 4.78. The Morgan fingerprint density at radius 1 is 1.56 bits per heavy atom. The van der Waals surface area contributed by atoms with E-state index >= 15 is 0 Å². The summed E-state index contributed by atoms with van der Waals surface area (Å²) in [5, 5.41) is 3.26. The van der Waals surface area contributed by atoms with E-state index < -0.39 is 0 Å². The highest BCUT2D eigenvalue weighted by Gasteiger charge is 2.22. The van der Waals surface area contributed by atoms with E-state index in [2.05, 4.69) is 21.2 Å². The summed E-state index contributed by atoms with van der Waals surface area (Å²) in [6, 6.07) is 8.41. The van der Waals surface area contributed by atoms with E-state index in [1.807, 2.05) is 36.2 Å². The number of nitrogens with one attached hydrogen (secondary N) is 1. The summed E-state index contributed by atoms with van der Waals surface area (Å²) in [5.41, 5.74) is 1.07. The number of piperidine rings is 1. The zero-order chi connectivity index (χ0) is 13.0. The third-order valence-electron chi connectivity index (χ3n) is 3.43. The van der Waals surface area contributed by atoms with Crippen molar-refractivity contribution >= 4 is 21.8 Å². The van der Waals surface area contributed by atoms with Crippen LogP contribution in [0.25, 0.3) is 0 Å². The molecule has 0 radical (unpaired) electrons. The number of carbonyl (C=O) groups excluding carboxylic acids is 1. The maximum atomic E-state index is 12.2. The van der Waals surface area contributed by atoms with Gasteiger partial charge in [0.25, 0.3) is 0 Å². The maximum Gasteiger partial charge on any atom is 0.227 e. The predicted octanol–water partition coefficient (Wildman–Crippen LogP) is 2.20. The number of benzene rings is 1. The predicted molar refractivity (Wildman–Crippen MR) is 76.5 cm³/mol. The van der Waals surface area contributed by atoms with Gasteiger partial charge in [0.2, 0.25) is 5.91 Å². The van der Waals surface area contributed by atoms with Crippen molar-refractivity contribution in [2.75, 3.05) is 20.1 Å². The molecular weight excluding hydrogens is 292 g/mol. The average molecular weight is 311 g/mol. The molecule has 1 atom stereocenters. The number of nitrogens with zero attached hydrogens (tertiary/aromatic N) is 1. The van der Waals surface area contributed by atoms with E-state index in [0.29, 0.717) is 12.5 Å². The Labute approximate surface area is 117 Å². The van der Waals surface area contributed by atoms with E-state index in [9.17, 15) is 4.79 Å². The molecule has 3 nitrogen and oxygen atoms in total. The third-order valence-corrected chi connectivity index (χ3v) is 3.92. The Bertz CT molecular complexity index is 422. The lowest BCUT2D eigenvalue weighted by Gasteiger charge is -2.32. The largest absolute Gasteiger partial charge is 0.341 e. The van der Waals surface area contributed by atoms with Crippen LogP contribution in [-0.4, -0.2) is 37.0 Å². The summed E-state index contributed by atoms with van der Waals surface area (Å²) in [6.07, 6.45) is 2.75. The van der Waals surface area contributed by atoms with Crippen molar-refractivity contribution in [2.24, 2.45) is 0 Å². The van der Waals surface area contributed by atoms with Crippen LogP contribution in [0.3, 0.4) is 0 Å². The molecule has 1 saturated heterocycles. The molecule has 0 saturated carbocycles. The second-order valence-electron chi connectivity index (χ2n) is 4.77. The lowest BCUT2D eigenvalue weighted by molar-refractivity contribution is -0.131. The van der Waals surface area contributed by atoms with Gasteiger partial charge in [-0.2, -0.15) is 0 Å². The van der Waals surface area contributed by atoms with Crippen molar-refractivity contribution in [3.05, 3.63) is 34.3 Å². The number of rotatable bonds is 3. The highest BCUT2D eigenvalue weighted by Crippen LogP contribution is 2.15. The minimum absolute atomic E-state index is 0.230. The molecule has 1 fully saturated rings. The summed E-state index contributed by atoms with van der Waals surface area (Å²) in [5.74, 6) is 0.230. The first-order valence-corrected chi connectivity index (χ1v) is 7.18. The van der Waals surface area contributed by atoms with Gasteiger partial charge in [-0.3, -0.25) is 4.79 Å². The fraction of sp³-hybridized carbons (Fsp3) is 0.500. The molecule has 1 aromatic rings. The van der Waals surface area contributed by atoms with Crippen LogP contribution in [0.2, 0.25) is 0 Å². The first-order chi connectivity index (χ1) is 8.69. The lowest BCUT2D eigenvalue weighted by atomic mass is 10.0. The molecule has 0 unspecified atom stereocenters. The number of amides is 1. The Hall–Kier alpha value is -0.870. The molecule has 18 heavy (non-hydrogen) atoms. The quantitative estimate of drug-likeness (QED) is 0.928. The molecule has 0 aliphatic carbocycles. The van der Waals surface area contributed by atoms with Crippen LogP contribution in [0.1, 0.15) is 18.4 Å². The smallest absolute Gasteiger partial charge is 0.227 e. The lowest BCUT2D eigenvalue weighted by Crippen LogP contribution is -2.47. The molecule has 1 aliphatic rings. The van der Waals surface area contributed by atoms with Crippen molar-refractivity contribution in [3.8, 4) is 0 Å². The summed E-state index contributed by atoms with van der Waals surface area (Å²) >= 11 is 3.43. The zero-order valence-electron chi connectivity index (χ0n) is 10.7. The van der Waals surface area contributed by atoms with Crippen LogP contribution in [0.15, 0.2) is 28.7 Å². The summed E-state index contributed by atoms with van der Waals surface area (Å²) < 4.78 is 1.03. The van der Waals surface area contributed by atoms with Gasteiger partial charge in [0, 0.05) is 23.6 Å². The van der Waals surface area contributed by atoms with Gasteiger partial charge in [-0.25, -0.2) is 0 Å². The highest BCUT2D eigenvalue weighted by atomic mass is 79.9. The number of likely N-dealkylation sites (tertiary alicyclic amines) is 1. The van der Waals surface area contributed by atoms with Crippen molar-refractivity contribution in [3.63, 3.8) is 0 Å². The van der Waals surface area contributed by atoms with Gasteiger partial charge in [0.1, 0.15) is 0 Å². The first kappa shape index (κ1) is 13.6. The van der Waals surface area contributed by atoms with Crippen molar-refractivity contribution in [1.82, 2.24) is 10.2 Å². The molecule has 1 aliphatic heterocycles. The van der Waals surface area contributed by atoms with Gasteiger partial charge < -0.3 is 10.2 Å². The van der Waals surface area contributed by atoms with Gasteiger partial charge >= 0.3 is 0 Å². The van der Waals surface area contributed by atoms with Gasteiger partial charge in [0.15, 0.2) is 0 Å². The van der Waals surface area contributed by atoms with Gasteiger partial charge in [-0.1, -0.05) is 28.1 Å². The molecule has 4 heteroatoms. The summed E-state index contributed by atoms with van der Waals surface area (Å²) in [6.45, 7) is 1.73. The van der Waals surface area contributed by atoms with Crippen LogP contribution < -0.4 is 5.32 Å². The average Bonchev–Trinajstić information content (AvgIpc) is 2.39. The molecule has 0 aromatic heterocycles. The summed E-state index contributed by atoms with van der Waals surface area (Å²) in [4.78, 5) is 14.2. The van der Waals surface area contributed by atoms with Crippen molar-refractivity contribution in [1.29, 1.82) is 0 Å². The van der Waals surface area contributed by atoms with Crippen LogP contribution in [0, 0.1) is 0 Å². The SMILES string of the molecule is CN[C@H]1CCCN(C(=O)Cc2cccc(Br)c2)C1. The number of likely N-dealkylation sites (N-methyl/N-ethyl adjacent to an activating group) is 1. The minimum atomic E-state index is 0.230. The van der Waals surface area contributed by atoms with Crippen LogP contribution in [0.4, 0.5) is 0 Å². The molecule has 2 rings (SSSR count). The second kappa shape index (κ2) is 6.34. The molecule has 98 valence electrons. The van der Waals surface area contributed by atoms with E-state index in [1.165, 1.54) is 0 Å². The molecule has 1 N–H and O–H groups in total. The highest BCUT2D eigenvalue weighted by molar-refractivity contribution is 9.10. The van der Waals surface area contributed by atoms with Gasteiger partial charge in [-0.05, 0) is 37.6 Å². The topological polar surface area (TPSA) is 32.3 Å². The zero-order valence-corrected chi connectivity index (χ0v) is 12.2. The van der Waals surface area contributed by atoms with E-state index in [1.54, 1.807) is 0 Å². The second-order valence-corrected chi connectivity index (χ2v) is 5.69. The first-order valence-electron chi connectivity index (χ1n) is 6.38. The van der Waals surface area contributed by atoms with Crippen LogP contribution >= 0.6 is 15.9 Å². The number of carbonyl (C=O) groups is 1. The molecule has 0 bridgehead atoms. The van der Waals surface area contributed by atoms with Crippen LogP contribution in [-0.2, 0) is 11.2 Å². The Morgan fingerprint density at radius 3 is 3.11 bits per heavy atom. The van der Waals surface area contributed by atoms with Gasteiger partial charge in [-0.15, -0.1) is 0 Å². The fourth-order valence-electron chi connectivity index (χ4n) is 2.37. The van der Waals surface area contributed by atoms with Gasteiger partial charge in [0.05, 0.1) is 6.42 Å². The Balaban J connectivity index is 1.95. The number of hydrogen-bond acceptors (Lipinski definition) is 2.